The molecule has 0 atom stereocenters. The Morgan fingerprint density at radius 1 is 0.967 bits per heavy atom. The molecule has 2 aromatic rings. The van der Waals surface area contributed by atoms with Crippen molar-refractivity contribution in [3.05, 3.63) is 59.2 Å². The van der Waals surface area contributed by atoms with Crippen molar-refractivity contribution in [1.82, 2.24) is 4.90 Å². The van der Waals surface area contributed by atoms with Gasteiger partial charge in [-0.1, -0.05) is 18.2 Å². The molecular formula is C21H26N2O5S2. The number of amides is 1. The summed E-state index contributed by atoms with van der Waals surface area (Å²) in [5.41, 5.74) is 2.67. The Morgan fingerprint density at radius 2 is 1.57 bits per heavy atom. The molecule has 1 aliphatic rings. The van der Waals surface area contributed by atoms with Gasteiger partial charge in [-0.3, -0.25) is 9.52 Å². The molecule has 1 aliphatic heterocycles. The third-order valence-electron chi connectivity index (χ3n) is 5.34. The van der Waals surface area contributed by atoms with E-state index >= 15 is 0 Å². The Balaban J connectivity index is 1.68. The lowest BCUT2D eigenvalue weighted by molar-refractivity contribution is 0.0713. The molecule has 7 nitrogen and oxygen atoms in total. The smallest absolute Gasteiger partial charge is 0.253 e. The normalized spacial score (nSPS) is 15.8. The number of carbonyl (C=O) groups excluding carboxylic acids is 1. The van der Waals surface area contributed by atoms with E-state index in [0.717, 1.165) is 30.2 Å². The van der Waals surface area contributed by atoms with Crippen LogP contribution in [0.4, 0.5) is 5.69 Å². The minimum atomic E-state index is -3.43. The lowest BCUT2D eigenvalue weighted by Gasteiger charge is -2.32. The van der Waals surface area contributed by atoms with Crippen LogP contribution in [0.2, 0.25) is 0 Å². The molecule has 162 valence electrons. The Hall–Kier alpha value is -2.39. The van der Waals surface area contributed by atoms with Gasteiger partial charge in [-0.15, -0.1) is 0 Å². The zero-order valence-electron chi connectivity index (χ0n) is 17.3. The maximum absolute atomic E-state index is 12.9. The Morgan fingerprint density at radius 3 is 2.10 bits per heavy atom. The number of aryl methyl sites for hydroxylation is 1. The van der Waals surface area contributed by atoms with E-state index in [0.29, 0.717) is 29.2 Å². The van der Waals surface area contributed by atoms with Crippen LogP contribution in [0, 0.1) is 6.92 Å². The van der Waals surface area contributed by atoms with Crippen molar-refractivity contribution in [3.8, 4) is 0 Å². The average molecular weight is 451 g/mol. The number of hydrogen-bond acceptors (Lipinski definition) is 5. The van der Waals surface area contributed by atoms with E-state index in [4.69, 9.17) is 0 Å². The van der Waals surface area contributed by atoms with Gasteiger partial charge >= 0.3 is 0 Å². The number of benzene rings is 2. The monoisotopic (exact) mass is 450 g/mol. The number of anilines is 1. The van der Waals surface area contributed by atoms with Crippen molar-refractivity contribution >= 4 is 31.5 Å². The number of carbonyl (C=O) groups is 1. The standard InChI is InChI=1S/C21H26N2O5S2/c1-15-4-5-18(14-20(15)22-30(3,27)28)21(24)23-12-10-17(11-13-23)16-6-8-19(9-7-16)29(2,25)26/h4-9,14,17,22H,10-13H2,1-3H3. The summed E-state index contributed by atoms with van der Waals surface area (Å²) in [6.07, 6.45) is 3.83. The minimum absolute atomic E-state index is 0.127. The van der Waals surface area contributed by atoms with E-state index in [1.54, 1.807) is 42.2 Å². The van der Waals surface area contributed by atoms with Crippen molar-refractivity contribution in [1.29, 1.82) is 0 Å². The van der Waals surface area contributed by atoms with Crippen molar-refractivity contribution in [3.63, 3.8) is 0 Å². The SMILES string of the molecule is Cc1ccc(C(=O)N2CCC(c3ccc(S(C)(=O)=O)cc3)CC2)cc1NS(C)(=O)=O. The molecular weight excluding hydrogens is 424 g/mol. The molecule has 1 fully saturated rings. The largest absolute Gasteiger partial charge is 0.339 e. The van der Waals surface area contributed by atoms with Crippen molar-refractivity contribution in [2.45, 2.75) is 30.6 Å². The van der Waals surface area contributed by atoms with Gasteiger partial charge in [-0.25, -0.2) is 16.8 Å². The molecule has 0 saturated carbocycles. The zero-order valence-corrected chi connectivity index (χ0v) is 18.9. The third kappa shape index (κ3) is 5.40. The van der Waals surface area contributed by atoms with E-state index in [-0.39, 0.29) is 11.8 Å². The first-order valence-corrected chi connectivity index (χ1v) is 13.4. The molecule has 0 aromatic heterocycles. The summed E-state index contributed by atoms with van der Waals surface area (Å²) < 4.78 is 48.8. The van der Waals surface area contributed by atoms with Crippen LogP contribution in [0.3, 0.4) is 0 Å². The molecule has 0 unspecified atom stereocenters. The highest BCUT2D eigenvalue weighted by molar-refractivity contribution is 7.92. The minimum Gasteiger partial charge on any atom is -0.339 e. The number of piperidine rings is 1. The summed E-state index contributed by atoms with van der Waals surface area (Å²) in [7, 11) is -6.64. The maximum Gasteiger partial charge on any atom is 0.253 e. The van der Waals surface area contributed by atoms with E-state index in [1.165, 1.54) is 6.26 Å². The Bertz CT molecular complexity index is 1150. The van der Waals surface area contributed by atoms with Crippen LogP contribution in [0.25, 0.3) is 0 Å². The van der Waals surface area contributed by atoms with Gasteiger partial charge in [-0.2, -0.15) is 0 Å². The van der Waals surface area contributed by atoms with Crippen LogP contribution < -0.4 is 4.72 Å². The number of rotatable bonds is 5. The number of likely N-dealkylation sites (tertiary alicyclic amines) is 1. The number of sulfonamides is 1. The van der Waals surface area contributed by atoms with Gasteiger partial charge in [-0.05, 0) is 61.1 Å². The summed E-state index contributed by atoms with van der Waals surface area (Å²) in [4.78, 5) is 15.0. The van der Waals surface area contributed by atoms with E-state index in [2.05, 4.69) is 4.72 Å². The topological polar surface area (TPSA) is 101 Å². The van der Waals surface area contributed by atoms with E-state index in [1.807, 2.05) is 12.1 Å². The molecule has 0 bridgehead atoms. The van der Waals surface area contributed by atoms with E-state index < -0.39 is 19.9 Å². The van der Waals surface area contributed by atoms with Crippen LogP contribution in [0.5, 0.6) is 0 Å². The predicted molar refractivity (Wildman–Crippen MR) is 117 cm³/mol. The highest BCUT2D eigenvalue weighted by Crippen LogP contribution is 2.30. The summed E-state index contributed by atoms with van der Waals surface area (Å²) in [5, 5.41) is 0. The quantitative estimate of drug-likeness (QED) is 0.755. The lowest BCUT2D eigenvalue weighted by Crippen LogP contribution is -2.38. The zero-order chi connectivity index (χ0) is 22.1. The lowest BCUT2D eigenvalue weighted by atomic mass is 9.89. The number of nitrogens with zero attached hydrogens (tertiary/aromatic N) is 1. The second-order valence-corrected chi connectivity index (χ2v) is 11.6. The van der Waals surface area contributed by atoms with Crippen LogP contribution >= 0.6 is 0 Å². The molecule has 30 heavy (non-hydrogen) atoms. The van der Waals surface area contributed by atoms with Crippen molar-refractivity contribution < 1.29 is 21.6 Å². The second-order valence-electron chi connectivity index (χ2n) is 7.81. The predicted octanol–water partition coefficient (Wildman–Crippen LogP) is 2.79. The van der Waals surface area contributed by atoms with Gasteiger partial charge in [0.15, 0.2) is 9.84 Å². The number of hydrogen-bond donors (Lipinski definition) is 1. The van der Waals surface area contributed by atoms with Crippen molar-refractivity contribution in [2.24, 2.45) is 0 Å². The molecule has 1 N–H and O–H groups in total. The van der Waals surface area contributed by atoms with Gasteiger partial charge in [0.25, 0.3) is 5.91 Å². The molecule has 2 aromatic carbocycles. The molecule has 9 heteroatoms. The molecule has 1 saturated heterocycles. The number of sulfone groups is 1. The van der Waals surface area contributed by atoms with Crippen molar-refractivity contribution in [2.75, 3.05) is 30.3 Å². The van der Waals surface area contributed by atoms with Crippen LogP contribution in [-0.2, 0) is 19.9 Å². The molecule has 0 radical (unpaired) electrons. The maximum atomic E-state index is 12.9. The second kappa shape index (κ2) is 8.39. The highest BCUT2D eigenvalue weighted by Gasteiger charge is 2.25. The summed E-state index contributed by atoms with van der Waals surface area (Å²) in [5.74, 6) is 0.139. The fraction of sp³-hybridized carbons (Fsp3) is 0.381. The molecule has 3 rings (SSSR count). The highest BCUT2D eigenvalue weighted by atomic mass is 32.2. The molecule has 0 aliphatic carbocycles. The molecule has 0 spiro atoms. The third-order valence-corrected chi connectivity index (χ3v) is 7.06. The molecule has 1 amide bonds. The van der Waals surface area contributed by atoms with Crippen LogP contribution in [0.1, 0.15) is 40.2 Å². The van der Waals surface area contributed by atoms with Gasteiger partial charge < -0.3 is 4.90 Å². The van der Waals surface area contributed by atoms with Gasteiger partial charge in [0.05, 0.1) is 16.8 Å². The fourth-order valence-electron chi connectivity index (χ4n) is 3.65. The fourth-order valence-corrected chi connectivity index (χ4v) is 4.90. The first-order valence-electron chi connectivity index (χ1n) is 9.62. The summed E-state index contributed by atoms with van der Waals surface area (Å²) in [6.45, 7) is 2.95. The van der Waals surface area contributed by atoms with E-state index in [9.17, 15) is 21.6 Å². The first kappa shape index (κ1) is 22.3. The average Bonchev–Trinajstić information content (AvgIpc) is 2.68. The summed E-state index contributed by atoms with van der Waals surface area (Å²) in [6, 6.07) is 12.0. The Kier molecular flexibility index (Phi) is 6.24. The number of nitrogens with one attached hydrogen (secondary N) is 1. The van der Waals surface area contributed by atoms with Gasteiger partial charge in [0.1, 0.15) is 0 Å². The Labute approximate surface area is 178 Å². The first-order chi connectivity index (χ1) is 13.9. The summed E-state index contributed by atoms with van der Waals surface area (Å²) >= 11 is 0. The van der Waals surface area contributed by atoms with Gasteiger partial charge in [0, 0.05) is 24.9 Å². The van der Waals surface area contributed by atoms with Crippen LogP contribution in [-0.4, -0.2) is 53.2 Å². The molecule has 1 heterocycles. The van der Waals surface area contributed by atoms with Crippen LogP contribution in [0.15, 0.2) is 47.4 Å². The van der Waals surface area contributed by atoms with Gasteiger partial charge in [0.2, 0.25) is 10.0 Å².